The number of hydrogen-bond donors (Lipinski definition) is 2. The summed E-state index contributed by atoms with van der Waals surface area (Å²) in [6, 6.07) is 26.8. The van der Waals surface area contributed by atoms with Crippen molar-refractivity contribution in [3.05, 3.63) is 113 Å². The molecule has 6 nitrogen and oxygen atoms in total. The zero-order chi connectivity index (χ0) is 22.6. The Morgan fingerprint density at radius 3 is 2.21 bits per heavy atom. The zero-order valence-electron chi connectivity index (χ0n) is 18.2. The molecule has 0 saturated carbocycles. The van der Waals surface area contributed by atoms with Gasteiger partial charge in [0.05, 0.1) is 23.9 Å². The number of hydrogen-bond acceptors (Lipinski definition) is 3. The van der Waals surface area contributed by atoms with Crippen molar-refractivity contribution in [1.29, 1.82) is 0 Å². The number of benzene rings is 3. The topological polar surface area (TPSA) is 70.7 Å². The van der Waals surface area contributed by atoms with Crippen LogP contribution in [-0.2, 0) is 17.8 Å². The van der Waals surface area contributed by atoms with E-state index in [1.807, 2.05) is 72.8 Å². The second kappa shape index (κ2) is 9.20. The van der Waals surface area contributed by atoms with Gasteiger partial charge in [-0.3, -0.25) is 4.79 Å². The molecule has 0 bridgehead atoms. The van der Waals surface area contributed by atoms with Crippen LogP contribution in [-0.4, -0.2) is 29.9 Å². The standard InChI is InChI=1S/C27H25N3O3/c31-26-24-23(17-30(26)16-15-19-7-3-1-4-8-19)28-27(32)29-25(24)21-11-13-22(14-12-21)33-18-20-9-5-2-6-10-20/h1-14,25H,15-18H2,(H2,28,29,32)/t25-/m1/s1. The largest absolute Gasteiger partial charge is 0.489 e. The van der Waals surface area contributed by atoms with Crippen molar-refractivity contribution >= 4 is 11.9 Å². The fourth-order valence-electron chi connectivity index (χ4n) is 4.26. The Balaban J connectivity index is 1.28. The van der Waals surface area contributed by atoms with Gasteiger partial charge in [0.15, 0.2) is 0 Å². The molecule has 0 spiro atoms. The Morgan fingerprint density at radius 2 is 1.52 bits per heavy atom. The molecule has 2 aliphatic heterocycles. The monoisotopic (exact) mass is 439 g/mol. The second-order valence-corrected chi connectivity index (χ2v) is 8.23. The maximum Gasteiger partial charge on any atom is 0.319 e. The third-order valence-corrected chi connectivity index (χ3v) is 6.00. The van der Waals surface area contributed by atoms with Crippen LogP contribution < -0.4 is 15.4 Å². The van der Waals surface area contributed by atoms with Gasteiger partial charge in [-0.05, 0) is 35.2 Å². The summed E-state index contributed by atoms with van der Waals surface area (Å²) < 4.78 is 5.87. The first-order valence-electron chi connectivity index (χ1n) is 11.1. The van der Waals surface area contributed by atoms with Gasteiger partial charge in [-0.1, -0.05) is 72.8 Å². The summed E-state index contributed by atoms with van der Waals surface area (Å²) in [6.07, 6.45) is 0.770. The molecule has 5 rings (SSSR count). The minimum atomic E-state index is -0.480. The summed E-state index contributed by atoms with van der Waals surface area (Å²) in [4.78, 5) is 27.3. The highest BCUT2D eigenvalue weighted by molar-refractivity contribution is 6.01. The molecule has 6 heteroatoms. The fourth-order valence-corrected chi connectivity index (χ4v) is 4.26. The third kappa shape index (κ3) is 4.60. The minimum absolute atomic E-state index is 0.0390. The van der Waals surface area contributed by atoms with E-state index in [2.05, 4.69) is 22.8 Å². The van der Waals surface area contributed by atoms with E-state index >= 15 is 0 Å². The Hall–Kier alpha value is -4.06. The average molecular weight is 440 g/mol. The van der Waals surface area contributed by atoms with Crippen molar-refractivity contribution in [3.63, 3.8) is 0 Å². The van der Waals surface area contributed by atoms with Crippen molar-refractivity contribution in [2.45, 2.75) is 19.1 Å². The molecule has 0 radical (unpaired) electrons. The van der Waals surface area contributed by atoms with Crippen molar-refractivity contribution in [1.82, 2.24) is 15.5 Å². The lowest BCUT2D eigenvalue weighted by Crippen LogP contribution is -2.44. The summed E-state index contributed by atoms with van der Waals surface area (Å²) in [5, 5.41) is 5.74. The first-order chi connectivity index (χ1) is 16.2. The average Bonchev–Trinajstić information content (AvgIpc) is 3.17. The lowest BCUT2D eigenvalue weighted by molar-refractivity contribution is -0.125. The van der Waals surface area contributed by atoms with Gasteiger partial charge in [-0.2, -0.15) is 0 Å². The number of carbonyl (C=O) groups excluding carboxylic acids is 2. The van der Waals surface area contributed by atoms with Crippen LogP contribution in [0.25, 0.3) is 0 Å². The summed E-state index contributed by atoms with van der Waals surface area (Å²) in [5.74, 6) is 0.696. The Labute approximate surface area is 192 Å². The molecular weight excluding hydrogens is 414 g/mol. The highest BCUT2D eigenvalue weighted by atomic mass is 16.5. The number of carbonyl (C=O) groups is 2. The molecule has 2 N–H and O–H groups in total. The molecule has 2 aliphatic rings. The van der Waals surface area contributed by atoms with Crippen molar-refractivity contribution < 1.29 is 14.3 Å². The molecule has 0 unspecified atom stereocenters. The Morgan fingerprint density at radius 1 is 0.848 bits per heavy atom. The van der Waals surface area contributed by atoms with E-state index in [4.69, 9.17) is 4.74 Å². The predicted octanol–water partition coefficient (Wildman–Crippen LogP) is 3.96. The fraction of sp³-hybridized carbons (Fsp3) is 0.185. The molecule has 3 aromatic carbocycles. The first-order valence-corrected chi connectivity index (χ1v) is 11.1. The van der Waals surface area contributed by atoms with Crippen LogP contribution in [0.15, 0.2) is 96.2 Å². The highest BCUT2D eigenvalue weighted by Crippen LogP contribution is 2.33. The van der Waals surface area contributed by atoms with E-state index < -0.39 is 6.04 Å². The Bertz CT molecular complexity index is 1170. The molecule has 1 atom stereocenters. The van der Waals surface area contributed by atoms with Gasteiger partial charge < -0.3 is 20.3 Å². The van der Waals surface area contributed by atoms with Gasteiger partial charge >= 0.3 is 6.03 Å². The summed E-state index contributed by atoms with van der Waals surface area (Å²) >= 11 is 0. The van der Waals surface area contributed by atoms with E-state index in [9.17, 15) is 9.59 Å². The lowest BCUT2D eigenvalue weighted by Gasteiger charge is -2.25. The molecule has 0 aromatic heterocycles. The van der Waals surface area contributed by atoms with E-state index in [0.29, 0.717) is 31.0 Å². The SMILES string of the molecule is O=C1NC2=C(C(=O)N(CCc3ccccc3)C2)[C@@H](c2ccc(OCc3ccccc3)cc2)N1. The number of nitrogens with zero attached hydrogens (tertiary/aromatic N) is 1. The van der Waals surface area contributed by atoms with Crippen molar-refractivity contribution in [2.24, 2.45) is 0 Å². The van der Waals surface area contributed by atoms with Gasteiger partial charge in [0.25, 0.3) is 5.91 Å². The number of urea groups is 1. The van der Waals surface area contributed by atoms with Crippen LogP contribution in [0.2, 0.25) is 0 Å². The first kappa shape index (κ1) is 20.8. The van der Waals surface area contributed by atoms with Crippen LogP contribution in [0.1, 0.15) is 22.7 Å². The molecule has 3 aromatic rings. The summed E-state index contributed by atoms with van der Waals surface area (Å²) in [5.41, 5.74) is 4.42. The molecule has 0 aliphatic carbocycles. The van der Waals surface area contributed by atoms with Crippen LogP contribution in [0.3, 0.4) is 0 Å². The third-order valence-electron chi connectivity index (χ3n) is 6.00. The maximum absolute atomic E-state index is 13.2. The van der Waals surface area contributed by atoms with Gasteiger partial charge in [-0.25, -0.2) is 4.79 Å². The minimum Gasteiger partial charge on any atom is -0.489 e. The normalized spacial score (nSPS) is 17.5. The highest BCUT2D eigenvalue weighted by Gasteiger charge is 2.40. The quantitative estimate of drug-likeness (QED) is 0.586. The number of rotatable bonds is 7. The predicted molar refractivity (Wildman–Crippen MR) is 125 cm³/mol. The molecule has 3 amide bonds. The Kier molecular flexibility index (Phi) is 5.81. The maximum atomic E-state index is 13.2. The smallest absolute Gasteiger partial charge is 0.319 e. The number of ether oxygens (including phenoxy) is 1. The van der Waals surface area contributed by atoms with Crippen molar-refractivity contribution in [2.75, 3.05) is 13.1 Å². The van der Waals surface area contributed by atoms with E-state index in [0.717, 1.165) is 23.3 Å². The zero-order valence-corrected chi connectivity index (χ0v) is 18.2. The molecule has 0 saturated heterocycles. The van der Waals surface area contributed by atoms with Crippen LogP contribution >= 0.6 is 0 Å². The van der Waals surface area contributed by atoms with Gasteiger partial charge in [-0.15, -0.1) is 0 Å². The lowest BCUT2D eigenvalue weighted by atomic mass is 9.96. The molecule has 33 heavy (non-hydrogen) atoms. The number of nitrogens with one attached hydrogen (secondary N) is 2. The molecule has 0 fully saturated rings. The van der Waals surface area contributed by atoms with Gasteiger partial charge in [0, 0.05) is 6.54 Å². The molecule has 2 heterocycles. The van der Waals surface area contributed by atoms with Gasteiger partial charge in [0.2, 0.25) is 0 Å². The van der Waals surface area contributed by atoms with Gasteiger partial charge in [0.1, 0.15) is 12.4 Å². The second-order valence-electron chi connectivity index (χ2n) is 8.23. The van der Waals surface area contributed by atoms with Crippen molar-refractivity contribution in [3.8, 4) is 5.75 Å². The molecule has 166 valence electrons. The summed E-state index contributed by atoms with van der Waals surface area (Å²) in [7, 11) is 0. The molecular formula is C27H25N3O3. The van der Waals surface area contributed by atoms with Crippen LogP contribution in [0.5, 0.6) is 5.75 Å². The van der Waals surface area contributed by atoms with E-state index in [1.165, 1.54) is 5.56 Å². The van der Waals surface area contributed by atoms with E-state index in [1.54, 1.807) is 4.90 Å². The summed E-state index contributed by atoms with van der Waals surface area (Å²) in [6.45, 7) is 1.50. The van der Waals surface area contributed by atoms with E-state index in [-0.39, 0.29) is 11.9 Å². The number of amides is 3. The van der Waals surface area contributed by atoms with Crippen LogP contribution in [0.4, 0.5) is 4.79 Å². The van der Waals surface area contributed by atoms with Crippen LogP contribution in [0, 0.1) is 0 Å².